The fourth-order valence-electron chi connectivity index (χ4n) is 6.32. The minimum atomic E-state index is -0.837. The van der Waals surface area contributed by atoms with Gasteiger partial charge >= 0.3 is 0 Å². The molecule has 2 aliphatic heterocycles. The van der Waals surface area contributed by atoms with Crippen LogP contribution in [0, 0.1) is 0 Å². The van der Waals surface area contributed by atoms with E-state index in [-0.39, 0.29) is 24.5 Å². The lowest BCUT2D eigenvalue weighted by Gasteiger charge is -2.37. The number of nitrogens with zero attached hydrogens (tertiary/aromatic N) is 1. The van der Waals surface area contributed by atoms with Crippen LogP contribution in [-0.4, -0.2) is 35.3 Å². The van der Waals surface area contributed by atoms with E-state index in [1.54, 1.807) is 0 Å². The zero-order valence-electron chi connectivity index (χ0n) is 22.7. The molecule has 0 unspecified atom stereocenters. The fourth-order valence-corrected chi connectivity index (χ4v) is 6.32. The maximum atomic E-state index is 7.13. The molecule has 0 bridgehead atoms. The second kappa shape index (κ2) is 10.0. The first-order valence-electron chi connectivity index (χ1n) is 13.9. The van der Waals surface area contributed by atoms with Gasteiger partial charge in [-0.1, -0.05) is 109 Å². The van der Waals surface area contributed by atoms with Gasteiger partial charge in [0.2, 0.25) is 0 Å². The fraction of sp³-hybridized carbons (Fsp3) is 0.257. The van der Waals surface area contributed by atoms with Gasteiger partial charge in [-0.15, -0.1) is 0 Å². The summed E-state index contributed by atoms with van der Waals surface area (Å²) in [6.45, 7) is 4.25. The van der Waals surface area contributed by atoms with Crippen LogP contribution in [0.25, 0.3) is 10.9 Å². The molecule has 0 spiro atoms. The Kier molecular flexibility index (Phi) is 6.32. The summed E-state index contributed by atoms with van der Waals surface area (Å²) in [5.41, 5.74) is 3.43. The van der Waals surface area contributed by atoms with E-state index in [0.29, 0.717) is 6.61 Å². The zero-order chi connectivity index (χ0) is 27.2. The second-order valence-corrected chi connectivity index (χ2v) is 11.0. The van der Waals surface area contributed by atoms with E-state index < -0.39 is 11.4 Å². The van der Waals surface area contributed by atoms with Crippen molar-refractivity contribution in [2.75, 3.05) is 6.61 Å². The number of ether oxygens (including phenoxy) is 4. The van der Waals surface area contributed by atoms with Crippen molar-refractivity contribution < 1.29 is 18.9 Å². The van der Waals surface area contributed by atoms with Gasteiger partial charge in [-0.2, -0.15) is 0 Å². The second-order valence-electron chi connectivity index (χ2n) is 11.0. The molecule has 5 heteroatoms. The van der Waals surface area contributed by atoms with Gasteiger partial charge in [-0.25, -0.2) is 0 Å². The summed E-state index contributed by atoms with van der Waals surface area (Å²) < 4.78 is 29.0. The highest BCUT2D eigenvalue weighted by molar-refractivity contribution is 5.80. The number of hydrogen-bond donors (Lipinski definition) is 0. The summed E-state index contributed by atoms with van der Waals surface area (Å²) in [5, 5.41) is 1.16. The van der Waals surface area contributed by atoms with Crippen molar-refractivity contribution in [3.8, 4) is 0 Å². The molecule has 4 aromatic carbocycles. The van der Waals surface area contributed by atoms with Gasteiger partial charge in [0.05, 0.1) is 12.1 Å². The summed E-state index contributed by atoms with van der Waals surface area (Å²) in [4.78, 5) is 0. The average Bonchev–Trinajstić information content (AvgIpc) is 3.66. The SMILES string of the molecule is CC1(C)O[C@@H]2[C@H](O1)[C@@H](COC(c1ccccc1)(c1ccccc1)c1ccccc1)O[C@H]2n1ccc2ccccc21. The molecule has 0 saturated carbocycles. The molecule has 5 aromatic rings. The Morgan fingerprint density at radius 1 is 0.675 bits per heavy atom. The lowest BCUT2D eigenvalue weighted by molar-refractivity contribution is -0.204. The topological polar surface area (TPSA) is 41.9 Å². The maximum absolute atomic E-state index is 7.13. The molecule has 7 rings (SSSR count). The number of fused-ring (bicyclic) bond motifs is 2. The van der Waals surface area contributed by atoms with E-state index in [4.69, 9.17) is 18.9 Å². The van der Waals surface area contributed by atoms with Crippen LogP contribution < -0.4 is 0 Å². The normalized spacial score (nSPS) is 23.9. The molecule has 0 aliphatic carbocycles. The first kappa shape index (κ1) is 25.2. The van der Waals surface area contributed by atoms with Crippen LogP contribution in [0.4, 0.5) is 0 Å². The molecule has 2 aliphatic rings. The Balaban J connectivity index is 1.28. The van der Waals surface area contributed by atoms with Crippen LogP contribution in [0.1, 0.15) is 36.8 Å². The van der Waals surface area contributed by atoms with E-state index >= 15 is 0 Å². The van der Waals surface area contributed by atoms with E-state index in [2.05, 4.69) is 114 Å². The van der Waals surface area contributed by atoms with Crippen LogP contribution in [0.2, 0.25) is 0 Å². The average molecular weight is 532 g/mol. The molecule has 3 heterocycles. The Bertz CT molecular complexity index is 1480. The van der Waals surface area contributed by atoms with Crippen molar-refractivity contribution >= 4 is 10.9 Å². The molecular formula is C35H33NO4. The van der Waals surface area contributed by atoms with Crippen LogP contribution in [0.3, 0.4) is 0 Å². The van der Waals surface area contributed by atoms with Crippen molar-refractivity contribution in [3.05, 3.63) is 144 Å². The van der Waals surface area contributed by atoms with Crippen molar-refractivity contribution in [2.24, 2.45) is 0 Å². The van der Waals surface area contributed by atoms with Gasteiger partial charge in [0.25, 0.3) is 0 Å². The molecule has 40 heavy (non-hydrogen) atoms. The minimum absolute atomic E-state index is 0.265. The largest absolute Gasteiger partial charge is 0.358 e. The van der Waals surface area contributed by atoms with E-state index in [0.717, 1.165) is 27.6 Å². The maximum Gasteiger partial charge on any atom is 0.164 e. The molecule has 2 saturated heterocycles. The van der Waals surface area contributed by atoms with E-state index in [1.165, 1.54) is 0 Å². The van der Waals surface area contributed by atoms with Crippen molar-refractivity contribution in [2.45, 2.75) is 49.8 Å². The number of hydrogen-bond acceptors (Lipinski definition) is 4. The summed E-state index contributed by atoms with van der Waals surface area (Å²) in [6, 6.07) is 41.7. The smallest absolute Gasteiger partial charge is 0.164 e. The van der Waals surface area contributed by atoms with Crippen molar-refractivity contribution in [3.63, 3.8) is 0 Å². The van der Waals surface area contributed by atoms with Gasteiger partial charge in [0.1, 0.15) is 23.9 Å². The van der Waals surface area contributed by atoms with Gasteiger partial charge in [0.15, 0.2) is 12.0 Å². The molecule has 0 N–H and O–H groups in total. The minimum Gasteiger partial charge on any atom is -0.358 e. The van der Waals surface area contributed by atoms with Gasteiger partial charge < -0.3 is 23.5 Å². The first-order chi connectivity index (χ1) is 19.6. The monoisotopic (exact) mass is 531 g/mol. The molecule has 0 amide bonds. The number of benzene rings is 4. The highest BCUT2D eigenvalue weighted by Crippen LogP contribution is 2.46. The third-order valence-electron chi connectivity index (χ3n) is 8.03. The van der Waals surface area contributed by atoms with Gasteiger partial charge in [0, 0.05) is 6.20 Å². The Labute approximate surface area is 234 Å². The zero-order valence-corrected chi connectivity index (χ0v) is 22.7. The molecule has 202 valence electrons. The standard InChI is InChI=1S/C35H33NO4/c1-34(2)39-31-30(38-33(32(31)40-34)36-23-22-25-14-12-13-21-29(25)36)24-37-35(26-15-6-3-7-16-26,27-17-8-4-9-18-27)28-19-10-5-11-20-28/h3-23,30-33H,24H2,1-2H3/t30-,31-,32-,33-/m1/s1. The molecule has 0 radical (unpaired) electrons. The lowest BCUT2D eigenvalue weighted by atomic mass is 9.80. The predicted octanol–water partition coefficient (Wildman–Crippen LogP) is 7.07. The van der Waals surface area contributed by atoms with Crippen molar-refractivity contribution in [1.29, 1.82) is 0 Å². The molecule has 1 aromatic heterocycles. The highest BCUT2D eigenvalue weighted by Gasteiger charge is 2.56. The third kappa shape index (κ3) is 4.27. The van der Waals surface area contributed by atoms with Gasteiger partial charge in [-0.05, 0) is 48.1 Å². The lowest BCUT2D eigenvalue weighted by Crippen LogP contribution is -2.39. The van der Waals surface area contributed by atoms with Gasteiger partial charge in [-0.3, -0.25) is 0 Å². The Morgan fingerprint density at radius 3 is 1.80 bits per heavy atom. The predicted molar refractivity (Wildman–Crippen MR) is 155 cm³/mol. The van der Waals surface area contributed by atoms with Crippen LogP contribution in [0.15, 0.2) is 128 Å². The van der Waals surface area contributed by atoms with Crippen molar-refractivity contribution in [1.82, 2.24) is 4.57 Å². The summed E-state index contributed by atoms with van der Waals surface area (Å²) in [6.07, 6.45) is 0.862. The molecule has 5 nitrogen and oxygen atoms in total. The summed E-state index contributed by atoms with van der Waals surface area (Å²) in [7, 11) is 0. The highest BCUT2D eigenvalue weighted by atomic mass is 16.8. The molecular weight excluding hydrogens is 498 g/mol. The van der Waals surface area contributed by atoms with E-state index in [9.17, 15) is 0 Å². The Morgan fingerprint density at radius 2 is 1.20 bits per heavy atom. The number of aromatic nitrogens is 1. The summed E-state index contributed by atoms with van der Waals surface area (Å²) >= 11 is 0. The summed E-state index contributed by atoms with van der Waals surface area (Å²) in [5.74, 6) is -0.714. The van der Waals surface area contributed by atoms with E-state index in [1.807, 2.05) is 32.0 Å². The van der Waals surface area contributed by atoms with Crippen LogP contribution >= 0.6 is 0 Å². The van der Waals surface area contributed by atoms with Crippen LogP contribution in [-0.2, 0) is 24.5 Å². The Hall–Kier alpha value is -3.74. The quantitative estimate of drug-likeness (QED) is 0.211. The molecule has 4 atom stereocenters. The molecule has 2 fully saturated rings. The number of rotatable bonds is 7. The van der Waals surface area contributed by atoms with Crippen LogP contribution in [0.5, 0.6) is 0 Å². The third-order valence-corrected chi connectivity index (χ3v) is 8.03. The first-order valence-corrected chi connectivity index (χ1v) is 13.9. The number of para-hydroxylation sites is 1.